The molecule has 0 aromatic heterocycles. The molecule has 316 valence electrons. The summed E-state index contributed by atoms with van der Waals surface area (Å²) in [5.41, 5.74) is 19.1. The largest absolute Gasteiger partial charge is 0.453 e. The summed E-state index contributed by atoms with van der Waals surface area (Å²) in [5.74, 6) is 1.64. The number of rotatable bonds is 9. The standard InChI is InChI=1S/C41H33N5O.C6H8.C5H8.2C2H6/c1-41(2)32-11-3-5-13-35(32)45(36-14-6-4-12-33(36)41)30-23-19-28(20-24-30)34(44-42)27-43-29-21-25-31(26-22-29)46-37-15-7-9-17-39(37)47-40-18-10-8-16-38(40)46;1-3-5-6-4-2;1-3-5-4-2;2*1-2/h3-27,42-43H,1-2H3;3-6H,1-2H2;3-5H,1H2,2H3;2*1-2H3/b34-27-,44-42?;6-5-;5-4-;;. The summed E-state index contributed by atoms with van der Waals surface area (Å²) in [7, 11) is 0. The number of hydrogen-bond donors (Lipinski definition) is 2. The minimum absolute atomic E-state index is 0.106. The maximum absolute atomic E-state index is 7.94. The third-order valence-electron chi connectivity index (χ3n) is 9.82. The second-order valence-electron chi connectivity index (χ2n) is 13.9. The molecule has 0 atom stereocenters. The van der Waals surface area contributed by atoms with Crippen LogP contribution in [0.5, 0.6) is 11.5 Å². The zero-order valence-electron chi connectivity index (χ0n) is 37.3. The van der Waals surface area contributed by atoms with Gasteiger partial charge in [0.1, 0.15) is 5.70 Å². The Morgan fingerprint density at radius 2 is 0.968 bits per heavy atom. The van der Waals surface area contributed by atoms with E-state index in [4.69, 9.17) is 10.3 Å². The molecule has 0 spiro atoms. The van der Waals surface area contributed by atoms with E-state index in [9.17, 15) is 0 Å². The van der Waals surface area contributed by atoms with E-state index in [0.29, 0.717) is 5.70 Å². The van der Waals surface area contributed by atoms with Crippen LogP contribution in [-0.2, 0) is 5.41 Å². The van der Waals surface area contributed by atoms with Crippen molar-refractivity contribution >= 4 is 45.5 Å². The lowest BCUT2D eigenvalue weighted by Gasteiger charge is -2.42. The van der Waals surface area contributed by atoms with Crippen LogP contribution in [-0.4, -0.2) is 0 Å². The van der Waals surface area contributed by atoms with Crippen molar-refractivity contribution in [3.8, 4) is 11.5 Å². The van der Waals surface area contributed by atoms with Crippen LogP contribution in [0.2, 0.25) is 0 Å². The van der Waals surface area contributed by atoms with E-state index < -0.39 is 0 Å². The number of allylic oxidation sites excluding steroid dienone is 7. The Hall–Kier alpha value is -7.44. The van der Waals surface area contributed by atoms with Crippen molar-refractivity contribution in [2.24, 2.45) is 5.11 Å². The number of nitrogens with zero attached hydrogens (tertiary/aromatic N) is 3. The molecule has 0 saturated carbocycles. The number of fused-ring (bicyclic) bond motifs is 4. The van der Waals surface area contributed by atoms with E-state index >= 15 is 0 Å². The summed E-state index contributed by atoms with van der Waals surface area (Å²) in [6.07, 6.45) is 14.4. The predicted octanol–water partition coefficient (Wildman–Crippen LogP) is 17.5. The molecule has 2 heterocycles. The van der Waals surface area contributed by atoms with Gasteiger partial charge in [0.25, 0.3) is 0 Å². The molecule has 0 amide bonds. The quantitative estimate of drug-likeness (QED) is 0.112. The summed E-state index contributed by atoms with van der Waals surface area (Å²) in [4.78, 5) is 4.53. The first-order chi connectivity index (χ1) is 30.4. The summed E-state index contributed by atoms with van der Waals surface area (Å²) in [6, 6.07) is 49.9. The van der Waals surface area contributed by atoms with E-state index in [1.54, 1.807) is 24.4 Å². The number of benzene rings is 6. The number of para-hydroxylation sites is 6. The first kappa shape index (κ1) is 47.2. The number of hydrogen-bond acceptors (Lipinski definition) is 6. The molecule has 2 aliphatic heterocycles. The number of nitrogens with one attached hydrogen (secondary N) is 2. The first-order valence-corrected chi connectivity index (χ1v) is 21.2. The normalized spacial score (nSPS) is 12.5. The zero-order valence-corrected chi connectivity index (χ0v) is 37.3. The molecule has 6 aromatic rings. The molecule has 0 aliphatic carbocycles. The van der Waals surface area contributed by atoms with E-state index in [0.717, 1.165) is 45.5 Å². The molecular weight excluding hydrogens is 759 g/mol. The highest BCUT2D eigenvalue weighted by atomic mass is 16.5. The van der Waals surface area contributed by atoms with Crippen molar-refractivity contribution in [3.63, 3.8) is 0 Å². The van der Waals surface area contributed by atoms with Gasteiger partial charge in [-0.05, 0) is 90.8 Å². The molecule has 6 heteroatoms. The van der Waals surface area contributed by atoms with E-state index in [1.165, 1.54) is 22.5 Å². The third kappa shape index (κ3) is 11.0. The van der Waals surface area contributed by atoms with Gasteiger partial charge in [-0.3, -0.25) is 0 Å². The van der Waals surface area contributed by atoms with Gasteiger partial charge >= 0.3 is 0 Å². The number of anilines is 7. The Kier molecular flexibility index (Phi) is 18.3. The highest BCUT2D eigenvalue weighted by molar-refractivity contribution is 5.88. The van der Waals surface area contributed by atoms with Gasteiger partial charge in [0.15, 0.2) is 11.5 Å². The van der Waals surface area contributed by atoms with Gasteiger partial charge in [0.05, 0.1) is 22.7 Å². The first-order valence-electron chi connectivity index (χ1n) is 21.2. The number of ether oxygens (including phenoxy) is 1. The van der Waals surface area contributed by atoms with Gasteiger partial charge in [-0.25, -0.2) is 5.53 Å². The predicted molar refractivity (Wildman–Crippen MR) is 268 cm³/mol. The molecule has 0 saturated heterocycles. The van der Waals surface area contributed by atoms with Crippen molar-refractivity contribution in [3.05, 3.63) is 231 Å². The minimum Gasteiger partial charge on any atom is -0.453 e. The molecule has 6 nitrogen and oxygen atoms in total. The Labute approximate surface area is 370 Å². The molecule has 0 bridgehead atoms. The van der Waals surface area contributed by atoms with Crippen molar-refractivity contribution in [2.75, 3.05) is 15.1 Å². The molecule has 0 fully saturated rings. The zero-order chi connectivity index (χ0) is 44.9. The fraction of sp³-hybridized carbons (Fsp3) is 0.143. The summed E-state index contributed by atoms with van der Waals surface area (Å²) in [6.45, 7) is 24.9. The van der Waals surface area contributed by atoms with E-state index in [2.05, 4.69) is 139 Å². The molecule has 62 heavy (non-hydrogen) atoms. The Balaban J connectivity index is 0.000000493. The average molecular weight is 820 g/mol. The highest BCUT2D eigenvalue weighted by Gasteiger charge is 2.36. The van der Waals surface area contributed by atoms with Crippen LogP contribution in [0.25, 0.3) is 5.70 Å². The Morgan fingerprint density at radius 3 is 1.39 bits per heavy atom. The summed E-state index contributed by atoms with van der Waals surface area (Å²) in [5, 5.41) is 7.21. The van der Waals surface area contributed by atoms with Gasteiger partial charge in [0, 0.05) is 34.2 Å². The van der Waals surface area contributed by atoms with E-state index in [1.807, 2.05) is 120 Å². The topological polar surface area (TPSA) is 63.9 Å². The summed E-state index contributed by atoms with van der Waals surface area (Å²) < 4.78 is 6.16. The molecule has 6 aromatic carbocycles. The smallest absolute Gasteiger partial charge is 0.151 e. The van der Waals surface area contributed by atoms with Gasteiger partial charge in [-0.15, -0.1) is 0 Å². The minimum atomic E-state index is -0.106. The maximum atomic E-state index is 7.94. The van der Waals surface area contributed by atoms with Crippen LogP contribution >= 0.6 is 0 Å². The monoisotopic (exact) mass is 819 g/mol. The van der Waals surface area contributed by atoms with Gasteiger partial charge in [-0.2, -0.15) is 5.11 Å². The molecular formula is C56H61N5O. The lowest BCUT2D eigenvalue weighted by Crippen LogP contribution is -2.30. The van der Waals surface area contributed by atoms with Crippen molar-refractivity contribution < 1.29 is 4.74 Å². The molecule has 8 rings (SSSR count). The maximum Gasteiger partial charge on any atom is 0.151 e. The van der Waals surface area contributed by atoms with Crippen LogP contribution in [0.4, 0.5) is 39.8 Å². The van der Waals surface area contributed by atoms with Crippen molar-refractivity contribution in [1.82, 2.24) is 0 Å². The fourth-order valence-electron chi connectivity index (χ4n) is 7.04. The molecule has 0 radical (unpaired) electrons. The fourth-order valence-corrected chi connectivity index (χ4v) is 7.04. The van der Waals surface area contributed by atoms with Gasteiger partial charge < -0.3 is 19.9 Å². The van der Waals surface area contributed by atoms with Crippen molar-refractivity contribution in [1.29, 1.82) is 5.53 Å². The molecule has 2 N–H and O–H groups in total. The van der Waals surface area contributed by atoms with Crippen molar-refractivity contribution in [2.45, 2.75) is 53.9 Å². The lowest BCUT2D eigenvalue weighted by molar-refractivity contribution is 0.477. The lowest BCUT2D eigenvalue weighted by atomic mass is 9.73. The van der Waals surface area contributed by atoms with Crippen LogP contribution in [0, 0.1) is 5.53 Å². The van der Waals surface area contributed by atoms with Gasteiger partial charge in [0.2, 0.25) is 0 Å². The second kappa shape index (κ2) is 24.0. The van der Waals surface area contributed by atoms with Crippen LogP contribution in [0.3, 0.4) is 0 Å². The SMILES string of the molecule is C=C/C=C\C.C=C/C=C\C=C.CC.CC.CC1(C)c2ccccc2N(c2ccc(/C(=C/Nc3ccc(N4c5ccccc5Oc5ccccc54)cc3)N=N)cc2)c2ccccc21. The highest BCUT2D eigenvalue weighted by Crippen LogP contribution is 2.52. The third-order valence-corrected chi connectivity index (χ3v) is 9.82. The molecule has 2 aliphatic rings. The van der Waals surface area contributed by atoms with Crippen LogP contribution in [0.1, 0.15) is 65.2 Å². The Morgan fingerprint density at radius 1 is 0.565 bits per heavy atom. The van der Waals surface area contributed by atoms with Crippen LogP contribution in [0.15, 0.2) is 219 Å². The second-order valence-corrected chi connectivity index (χ2v) is 13.9. The molecule has 0 unspecified atom stereocenters. The van der Waals surface area contributed by atoms with Crippen LogP contribution < -0.4 is 19.9 Å². The average Bonchev–Trinajstić information content (AvgIpc) is 3.33. The summed E-state index contributed by atoms with van der Waals surface area (Å²) >= 11 is 0. The Bertz CT molecular complexity index is 2370. The van der Waals surface area contributed by atoms with Gasteiger partial charge in [-0.1, -0.05) is 177 Å². The van der Waals surface area contributed by atoms with E-state index in [-0.39, 0.29) is 5.41 Å².